The van der Waals surface area contributed by atoms with Gasteiger partial charge in [0, 0.05) is 6.54 Å². The van der Waals surface area contributed by atoms with Crippen LogP contribution in [0.4, 0.5) is 0 Å². The molecule has 0 aliphatic carbocycles. The van der Waals surface area contributed by atoms with Crippen molar-refractivity contribution in [3.63, 3.8) is 0 Å². The molecule has 0 spiro atoms. The van der Waals surface area contributed by atoms with Crippen LogP contribution in [0.3, 0.4) is 0 Å². The van der Waals surface area contributed by atoms with Crippen LogP contribution in [0.5, 0.6) is 0 Å². The van der Waals surface area contributed by atoms with Crippen LogP contribution in [0.25, 0.3) is 0 Å². The number of ether oxygens (including phenoxy) is 2. The second-order valence-corrected chi connectivity index (χ2v) is 5.55. The van der Waals surface area contributed by atoms with E-state index in [1.165, 1.54) is 7.11 Å². The predicted octanol–water partition coefficient (Wildman–Crippen LogP) is 1.36. The van der Waals surface area contributed by atoms with Crippen LogP contribution in [0.1, 0.15) is 40.0 Å². The van der Waals surface area contributed by atoms with Crippen molar-refractivity contribution >= 4 is 11.9 Å². The van der Waals surface area contributed by atoms with Crippen molar-refractivity contribution in [2.75, 3.05) is 20.2 Å². The molecule has 5 heteroatoms. The number of methoxy groups -OCH3 is 1. The topological polar surface area (TPSA) is 55.8 Å². The lowest BCUT2D eigenvalue weighted by Crippen LogP contribution is -2.41. The summed E-state index contributed by atoms with van der Waals surface area (Å²) in [7, 11) is 1.37. The van der Waals surface area contributed by atoms with Gasteiger partial charge < -0.3 is 9.47 Å². The molecule has 18 heavy (non-hydrogen) atoms. The highest BCUT2D eigenvalue weighted by molar-refractivity contribution is 5.76. The van der Waals surface area contributed by atoms with Gasteiger partial charge in [0.05, 0.1) is 13.5 Å². The van der Waals surface area contributed by atoms with Crippen LogP contribution in [0.2, 0.25) is 0 Å². The van der Waals surface area contributed by atoms with Crippen molar-refractivity contribution in [1.29, 1.82) is 0 Å². The molecule has 0 radical (unpaired) electrons. The third-order valence-corrected chi connectivity index (χ3v) is 2.87. The van der Waals surface area contributed by atoms with Gasteiger partial charge in [0.2, 0.25) is 0 Å². The molecule has 0 aromatic rings. The Morgan fingerprint density at radius 1 is 1.33 bits per heavy atom. The first-order valence-electron chi connectivity index (χ1n) is 6.37. The Bertz CT molecular complexity index is 309. The van der Waals surface area contributed by atoms with Gasteiger partial charge in [-0.3, -0.25) is 14.5 Å². The summed E-state index contributed by atoms with van der Waals surface area (Å²) in [5.74, 6) is -0.435. The van der Waals surface area contributed by atoms with Crippen LogP contribution in [0.15, 0.2) is 0 Å². The zero-order valence-electron chi connectivity index (χ0n) is 11.7. The highest BCUT2D eigenvalue weighted by Crippen LogP contribution is 2.21. The van der Waals surface area contributed by atoms with Crippen LogP contribution in [0, 0.1) is 0 Å². The van der Waals surface area contributed by atoms with Crippen molar-refractivity contribution in [3.05, 3.63) is 0 Å². The Balaban J connectivity index is 2.49. The van der Waals surface area contributed by atoms with Gasteiger partial charge in [0.25, 0.3) is 0 Å². The van der Waals surface area contributed by atoms with Gasteiger partial charge in [-0.05, 0) is 40.2 Å². The average molecular weight is 257 g/mol. The normalized spacial score (nSPS) is 20.8. The molecule has 0 unspecified atom stereocenters. The summed E-state index contributed by atoms with van der Waals surface area (Å²) in [4.78, 5) is 25.1. The fraction of sp³-hybridized carbons (Fsp3) is 0.846. The van der Waals surface area contributed by atoms with Crippen molar-refractivity contribution < 1.29 is 19.1 Å². The van der Waals surface area contributed by atoms with E-state index < -0.39 is 5.60 Å². The summed E-state index contributed by atoms with van der Waals surface area (Å²) in [6.45, 7) is 6.97. The molecule has 1 atom stereocenters. The maximum Gasteiger partial charge on any atom is 0.323 e. The summed E-state index contributed by atoms with van der Waals surface area (Å²) < 4.78 is 9.99. The van der Waals surface area contributed by atoms with Gasteiger partial charge in [0.1, 0.15) is 11.6 Å². The average Bonchev–Trinajstić information content (AvgIpc) is 2.71. The van der Waals surface area contributed by atoms with Gasteiger partial charge in [-0.1, -0.05) is 0 Å². The van der Waals surface area contributed by atoms with E-state index in [1.54, 1.807) is 0 Å². The number of carbonyl (C=O) groups excluding carboxylic acids is 2. The number of esters is 2. The third kappa shape index (κ3) is 4.64. The largest absolute Gasteiger partial charge is 0.469 e. The van der Waals surface area contributed by atoms with E-state index in [0.29, 0.717) is 13.0 Å². The SMILES string of the molecule is COC(=O)CCN1CCC[C@H]1C(=O)OC(C)(C)C. The second-order valence-electron chi connectivity index (χ2n) is 5.55. The molecule has 0 amide bonds. The molecule has 0 N–H and O–H groups in total. The molecule has 0 aromatic heterocycles. The minimum atomic E-state index is -0.465. The van der Waals surface area contributed by atoms with Crippen LogP contribution < -0.4 is 0 Å². The standard InChI is InChI=1S/C13H23NO4/c1-13(2,3)18-12(16)10-6-5-8-14(10)9-7-11(15)17-4/h10H,5-9H2,1-4H3/t10-/m0/s1. The van der Waals surface area contributed by atoms with Crippen molar-refractivity contribution in [2.24, 2.45) is 0 Å². The molecular formula is C13H23NO4. The number of likely N-dealkylation sites (tertiary alicyclic amines) is 1. The molecule has 1 heterocycles. The van der Waals surface area contributed by atoms with E-state index in [0.717, 1.165) is 19.4 Å². The summed E-state index contributed by atoms with van der Waals surface area (Å²) in [6.07, 6.45) is 2.08. The van der Waals surface area contributed by atoms with Gasteiger partial charge in [-0.25, -0.2) is 0 Å². The van der Waals surface area contributed by atoms with Gasteiger partial charge in [-0.15, -0.1) is 0 Å². The molecule has 5 nitrogen and oxygen atoms in total. The number of carbonyl (C=O) groups is 2. The molecule has 104 valence electrons. The van der Waals surface area contributed by atoms with Gasteiger partial charge >= 0.3 is 11.9 Å². The van der Waals surface area contributed by atoms with Crippen LogP contribution >= 0.6 is 0 Å². The molecule has 1 saturated heterocycles. The molecule has 0 bridgehead atoms. The lowest BCUT2D eigenvalue weighted by molar-refractivity contribution is -0.160. The molecule has 0 saturated carbocycles. The molecule has 1 rings (SSSR count). The lowest BCUT2D eigenvalue weighted by Gasteiger charge is -2.27. The molecular weight excluding hydrogens is 234 g/mol. The quantitative estimate of drug-likeness (QED) is 0.712. The minimum absolute atomic E-state index is 0.190. The first kappa shape index (κ1) is 15.0. The van der Waals surface area contributed by atoms with Crippen LogP contribution in [-0.4, -0.2) is 48.7 Å². The summed E-state index contributed by atoms with van der Waals surface area (Å²) >= 11 is 0. The van der Waals surface area contributed by atoms with Crippen molar-refractivity contribution in [1.82, 2.24) is 4.90 Å². The van der Waals surface area contributed by atoms with Crippen molar-refractivity contribution in [2.45, 2.75) is 51.7 Å². The first-order valence-corrected chi connectivity index (χ1v) is 6.37. The Morgan fingerprint density at radius 3 is 2.56 bits per heavy atom. The number of hydrogen-bond donors (Lipinski definition) is 0. The molecule has 1 aliphatic heterocycles. The smallest absolute Gasteiger partial charge is 0.323 e. The van der Waals surface area contributed by atoms with Crippen LogP contribution in [-0.2, 0) is 19.1 Å². The number of rotatable bonds is 4. The molecule has 0 aromatic carbocycles. The lowest BCUT2D eigenvalue weighted by atomic mass is 10.1. The Labute approximate surface area is 108 Å². The van der Waals surface area contributed by atoms with E-state index in [-0.39, 0.29) is 18.0 Å². The van der Waals surface area contributed by atoms with Gasteiger partial charge in [-0.2, -0.15) is 0 Å². The van der Waals surface area contributed by atoms with E-state index in [1.807, 2.05) is 25.7 Å². The summed E-state index contributed by atoms with van der Waals surface area (Å²) in [6, 6.07) is -0.214. The Morgan fingerprint density at radius 2 is 2.00 bits per heavy atom. The zero-order chi connectivity index (χ0) is 13.8. The highest BCUT2D eigenvalue weighted by Gasteiger charge is 2.33. The van der Waals surface area contributed by atoms with E-state index in [2.05, 4.69) is 4.74 Å². The fourth-order valence-corrected chi connectivity index (χ4v) is 2.07. The Hall–Kier alpha value is -1.10. The predicted molar refractivity (Wildman–Crippen MR) is 67.1 cm³/mol. The zero-order valence-corrected chi connectivity index (χ0v) is 11.7. The molecule has 1 aliphatic rings. The fourth-order valence-electron chi connectivity index (χ4n) is 2.07. The van der Waals surface area contributed by atoms with E-state index in [9.17, 15) is 9.59 Å². The Kier molecular flexibility index (Phi) is 5.14. The summed E-state index contributed by atoms with van der Waals surface area (Å²) in [5, 5.41) is 0. The second kappa shape index (κ2) is 6.18. The molecule has 1 fully saturated rings. The maximum absolute atomic E-state index is 12.0. The monoisotopic (exact) mass is 257 g/mol. The van der Waals surface area contributed by atoms with E-state index >= 15 is 0 Å². The van der Waals surface area contributed by atoms with Gasteiger partial charge in [0.15, 0.2) is 0 Å². The number of nitrogens with zero attached hydrogens (tertiary/aromatic N) is 1. The number of hydrogen-bond acceptors (Lipinski definition) is 5. The highest BCUT2D eigenvalue weighted by atomic mass is 16.6. The maximum atomic E-state index is 12.0. The van der Waals surface area contributed by atoms with E-state index in [4.69, 9.17) is 4.74 Å². The first-order chi connectivity index (χ1) is 8.33. The third-order valence-electron chi connectivity index (χ3n) is 2.87. The minimum Gasteiger partial charge on any atom is -0.469 e. The summed E-state index contributed by atoms with van der Waals surface area (Å²) in [5.41, 5.74) is -0.465. The van der Waals surface area contributed by atoms with Crippen molar-refractivity contribution in [3.8, 4) is 0 Å².